The van der Waals surface area contributed by atoms with Crippen LogP contribution < -0.4 is 0 Å². The third-order valence-corrected chi connectivity index (χ3v) is 5.01. The number of hydrogen-bond acceptors (Lipinski definition) is 2. The fraction of sp³-hybridized carbons (Fsp3) is 0.300. The number of nitrogens with zero attached hydrogens (tertiary/aromatic N) is 2. The van der Waals surface area contributed by atoms with E-state index in [0.29, 0.717) is 0 Å². The predicted octanol–water partition coefficient (Wildman–Crippen LogP) is 6.23. The van der Waals surface area contributed by atoms with Crippen molar-refractivity contribution in [3.05, 3.63) is 71.8 Å². The maximum Gasteiger partial charge on any atom is 0.107 e. The second-order valence-corrected chi connectivity index (χ2v) is 6.99. The smallest absolute Gasteiger partial charge is 0.107 e. The summed E-state index contributed by atoms with van der Waals surface area (Å²) in [5.41, 5.74) is 2.27. The van der Waals surface area contributed by atoms with Crippen LogP contribution in [0.1, 0.15) is 36.8 Å². The lowest BCUT2D eigenvalue weighted by Gasteiger charge is -2.01. The first kappa shape index (κ1) is 19.1. The van der Waals surface area contributed by atoms with Crippen LogP contribution in [0.25, 0.3) is 0 Å². The summed E-state index contributed by atoms with van der Waals surface area (Å²) in [6.07, 6.45) is 4.62. The van der Waals surface area contributed by atoms with Gasteiger partial charge in [-0.25, -0.2) is 0 Å². The number of hydrogen-bond donors (Lipinski definition) is 0. The molecule has 2 nitrogen and oxygen atoms in total. The second-order valence-electron chi connectivity index (χ2n) is 5.49. The fourth-order valence-electron chi connectivity index (χ4n) is 2.27. The molecule has 2 rings (SSSR count). The Hall–Kier alpha value is -1.26. The molecule has 2 aromatic rings. The first-order valence-electron chi connectivity index (χ1n) is 8.28. The molecule has 0 N–H and O–H groups in total. The molecule has 126 valence electrons. The van der Waals surface area contributed by atoms with Gasteiger partial charge in [-0.05, 0) is 44.7 Å². The van der Waals surface area contributed by atoms with Crippen LogP contribution in [-0.2, 0) is 0 Å². The van der Waals surface area contributed by atoms with E-state index in [1.54, 1.807) is 0 Å². The van der Waals surface area contributed by atoms with Crippen molar-refractivity contribution in [1.29, 1.82) is 0 Å². The molecule has 0 saturated carbocycles. The molecular weight excluding hydrogens is 428 g/mol. The van der Waals surface area contributed by atoms with E-state index in [0.717, 1.165) is 46.3 Å². The van der Waals surface area contributed by atoms with Gasteiger partial charge in [0.2, 0.25) is 0 Å². The van der Waals surface area contributed by atoms with Crippen LogP contribution in [0, 0.1) is 0 Å². The Morgan fingerprint density at radius 3 is 1.33 bits per heavy atom. The Bertz CT molecular complexity index is 592. The van der Waals surface area contributed by atoms with Crippen LogP contribution in [0.3, 0.4) is 0 Å². The number of halogens is 2. The molecule has 0 saturated heterocycles. The van der Waals surface area contributed by atoms with E-state index < -0.39 is 0 Å². The van der Waals surface area contributed by atoms with E-state index in [2.05, 4.69) is 66.1 Å². The van der Waals surface area contributed by atoms with Gasteiger partial charge in [0.15, 0.2) is 0 Å². The molecule has 0 aliphatic heterocycles. The van der Waals surface area contributed by atoms with E-state index in [1.807, 2.05) is 36.4 Å². The third kappa shape index (κ3) is 7.10. The van der Waals surface area contributed by atoms with Crippen LogP contribution in [0.4, 0.5) is 0 Å². The van der Waals surface area contributed by atoms with Gasteiger partial charge < -0.3 is 0 Å². The lowest BCUT2D eigenvalue weighted by molar-refractivity contribution is 0.655. The van der Waals surface area contributed by atoms with E-state index in [-0.39, 0.29) is 0 Å². The maximum absolute atomic E-state index is 4.58. The number of unbranched alkanes of at least 4 members (excludes halogenated alkanes) is 3. The van der Waals surface area contributed by atoms with Gasteiger partial charge in [-0.15, -0.1) is 0 Å². The molecule has 0 aliphatic rings. The normalized spacial score (nSPS) is 12.4. The van der Waals surface area contributed by atoms with Crippen molar-refractivity contribution in [3.63, 3.8) is 0 Å². The molecule has 0 aromatic heterocycles. The van der Waals surface area contributed by atoms with Crippen LogP contribution >= 0.6 is 31.9 Å². The number of benzene rings is 2. The van der Waals surface area contributed by atoms with Gasteiger partial charge in [0.05, 0.1) is 0 Å². The third-order valence-electron chi connectivity index (χ3n) is 3.59. The van der Waals surface area contributed by atoms with Crippen molar-refractivity contribution >= 4 is 41.1 Å². The van der Waals surface area contributed by atoms with Gasteiger partial charge in [-0.1, -0.05) is 73.5 Å². The summed E-state index contributed by atoms with van der Waals surface area (Å²) < 4.78 is 1.89. The Morgan fingerprint density at radius 2 is 0.958 bits per heavy atom. The quantitative estimate of drug-likeness (QED) is 0.320. The lowest BCUT2D eigenvalue weighted by Crippen LogP contribution is -1.94. The molecule has 0 amide bonds. The summed E-state index contributed by atoms with van der Waals surface area (Å²) >= 11 is 7.09. The van der Waals surface area contributed by atoms with Crippen LogP contribution in [0.5, 0.6) is 0 Å². The average Bonchev–Trinajstić information content (AvgIpc) is 2.65. The summed E-state index contributed by atoms with van der Waals surface area (Å²) in [6.45, 7) is 1.74. The zero-order valence-electron chi connectivity index (χ0n) is 13.7. The Balaban J connectivity index is 1.59. The minimum atomic E-state index is 0.868. The van der Waals surface area contributed by atoms with Crippen LogP contribution in [-0.4, -0.2) is 22.3 Å². The van der Waals surface area contributed by atoms with Gasteiger partial charge in [-0.3, -0.25) is 9.98 Å². The van der Waals surface area contributed by atoms with Gasteiger partial charge in [-0.2, -0.15) is 0 Å². The van der Waals surface area contributed by atoms with Crippen LogP contribution in [0.15, 0.2) is 70.6 Å². The molecule has 4 heteroatoms. The highest BCUT2D eigenvalue weighted by atomic mass is 79.9. The average molecular weight is 450 g/mol. The summed E-state index contributed by atoms with van der Waals surface area (Å²) in [6, 6.07) is 20.4. The van der Waals surface area contributed by atoms with Gasteiger partial charge >= 0.3 is 0 Å². The van der Waals surface area contributed by atoms with Crippen LogP contribution in [0.2, 0.25) is 0 Å². The summed E-state index contributed by atoms with van der Waals surface area (Å²) in [7, 11) is 0. The number of aliphatic imine (C=N–C) groups is 2. The van der Waals surface area contributed by atoms with E-state index in [9.17, 15) is 0 Å². The molecule has 0 unspecified atom stereocenters. The molecule has 0 bridgehead atoms. The molecule has 0 atom stereocenters. The van der Waals surface area contributed by atoms with Gasteiger partial charge in [0.25, 0.3) is 0 Å². The van der Waals surface area contributed by atoms with E-state index >= 15 is 0 Å². The molecule has 24 heavy (non-hydrogen) atoms. The van der Waals surface area contributed by atoms with Crippen molar-refractivity contribution in [2.24, 2.45) is 9.98 Å². The molecule has 0 radical (unpaired) electrons. The molecule has 0 aliphatic carbocycles. The Kier molecular flexibility index (Phi) is 9.00. The highest BCUT2D eigenvalue weighted by molar-refractivity contribution is 9.18. The summed E-state index contributed by atoms with van der Waals surface area (Å²) in [5, 5.41) is 0. The second kappa shape index (κ2) is 11.3. The predicted molar refractivity (Wildman–Crippen MR) is 112 cm³/mol. The Morgan fingerprint density at radius 1 is 0.583 bits per heavy atom. The molecule has 0 spiro atoms. The highest BCUT2D eigenvalue weighted by Crippen LogP contribution is 2.09. The molecule has 0 fully saturated rings. The standard InChI is InChI=1S/C20H22Br2N2/c21-19(17-11-5-3-6-12-17)23-15-9-1-2-10-16-24-20(22)18-13-7-4-8-14-18/h3-8,11-14H,1-2,9-10,15-16H2. The van der Waals surface area contributed by atoms with E-state index in [1.165, 1.54) is 12.8 Å². The largest absolute Gasteiger partial charge is 0.277 e. The topological polar surface area (TPSA) is 24.7 Å². The van der Waals surface area contributed by atoms with Gasteiger partial charge in [0, 0.05) is 24.2 Å². The van der Waals surface area contributed by atoms with Crippen molar-refractivity contribution in [2.45, 2.75) is 25.7 Å². The first-order chi connectivity index (χ1) is 11.8. The minimum absolute atomic E-state index is 0.868. The number of rotatable bonds is 9. The minimum Gasteiger partial charge on any atom is -0.277 e. The van der Waals surface area contributed by atoms with Crippen molar-refractivity contribution in [3.8, 4) is 0 Å². The fourth-order valence-corrected chi connectivity index (χ4v) is 3.15. The van der Waals surface area contributed by atoms with Gasteiger partial charge in [0.1, 0.15) is 9.24 Å². The lowest BCUT2D eigenvalue weighted by atomic mass is 10.2. The van der Waals surface area contributed by atoms with E-state index in [4.69, 9.17) is 0 Å². The maximum atomic E-state index is 4.58. The van der Waals surface area contributed by atoms with Crippen molar-refractivity contribution in [1.82, 2.24) is 0 Å². The zero-order valence-corrected chi connectivity index (χ0v) is 16.8. The molecule has 2 aromatic carbocycles. The summed E-state index contributed by atoms with van der Waals surface area (Å²) in [5.74, 6) is 0. The SMILES string of the molecule is BrC(=NCCCCCCN=C(Br)c1ccccc1)c1ccccc1. The molecule has 0 heterocycles. The molecular formula is C20H22Br2N2. The first-order valence-corrected chi connectivity index (χ1v) is 9.86. The monoisotopic (exact) mass is 448 g/mol. The van der Waals surface area contributed by atoms with Crippen molar-refractivity contribution in [2.75, 3.05) is 13.1 Å². The van der Waals surface area contributed by atoms with Crippen molar-refractivity contribution < 1.29 is 0 Å². The zero-order chi connectivity index (χ0) is 17.0. The summed E-state index contributed by atoms with van der Waals surface area (Å²) in [4.78, 5) is 9.16. The highest BCUT2D eigenvalue weighted by Gasteiger charge is 1.98. The Labute approximate surface area is 161 Å².